The van der Waals surface area contributed by atoms with Crippen LogP contribution in [0.1, 0.15) is 42.6 Å². The summed E-state index contributed by atoms with van der Waals surface area (Å²) in [6.07, 6.45) is 6.23. The average Bonchev–Trinajstić information content (AvgIpc) is 3.13. The molecule has 5 heteroatoms. The van der Waals surface area contributed by atoms with Crippen LogP contribution in [0.4, 0.5) is 0 Å². The zero-order valence-electron chi connectivity index (χ0n) is 18.7. The molecule has 0 radical (unpaired) electrons. The number of carbonyl (C=O) groups excluding carboxylic acids is 1. The third-order valence-corrected chi connectivity index (χ3v) is 5.63. The van der Waals surface area contributed by atoms with Gasteiger partial charge in [0, 0.05) is 19.5 Å². The minimum Gasteiger partial charge on any atom is -0.493 e. The molecule has 0 bridgehead atoms. The van der Waals surface area contributed by atoms with Crippen LogP contribution in [0.2, 0.25) is 0 Å². The Morgan fingerprint density at radius 1 is 1.10 bits per heavy atom. The van der Waals surface area contributed by atoms with Crippen LogP contribution in [0.25, 0.3) is 11.0 Å². The van der Waals surface area contributed by atoms with E-state index in [4.69, 9.17) is 9.72 Å². The second-order valence-electron chi connectivity index (χ2n) is 7.87. The predicted octanol–water partition coefficient (Wildman–Crippen LogP) is 5.14. The third-order valence-electron chi connectivity index (χ3n) is 5.63. The van der Waals surface area contributed by atoms with E-state index in [0.717, 1.165) is 55.7 Å². The molecule has 0 aliphatic carbocycles. The van der Waals surface area contributed by atoms with Gasteiger partial charge >= 0.3 is 0 Å². The number of hydrogen-bond acceptors (Lipinski definition) is 3. The molecule has 1 N–H and O–H groups in total. The zero-order chi connectivity index (χ0) is 22.1. The fourth-order valence-electron chi connectivity index (χ4n) is 3.72. The number of imidazole rings is 1. The van der Waals surface area contributed by atoms with Gasteiger partial charge in [-0.05, 0) is 68.5 Å². The fourth-order valence-corrected chi connectivity index (χ4v) is 3.72. The third kappa shape index (κ3) is 6.20. The van der Waals surface area contributed by atoms with Crippen molar-refractivity contribution in [2.24, 2.45) is 0 Å². The number of nitrogens with one attached hydrogen (secondary N) is 1. The topological polar surface area (TPSA) is 56.2 Å². The van der Waals surface area contributed by atoms with E-state index in [1.165, 1.54) is 22.7 Å². The van der Waals surface area contributed by atoms with Crippen LogP contribution in [-0.4, -0.2) is 28.6 Å². The van der Waals surface area contributed by atoms with E-state index in [-0.39, 0.29) is 5.91 Å². The summed E-state index contributed by atoms with van der Waals surface area (Å²) >= 11 is 0. The van der Waals surface area contributed by atoms with E-state index in [0.29, 0.717) is 13.2 Å². The van der Waals surface area contributed by atoms with Crippen LogP contribution < -0.4 is 10.1 Å². The summed E-state index contributed by atoms with van der Waals surface area (Å²) in [4.78, 5) is 16.1. The average molecular weight is 420 g/mol. The minimum atomic E-state index is -0.107. The van der Waals surface area contributed by atoms with Gasteiger partial charge in [0.2, 0.25) is 5.91 Å². The van der Waals surface area contributed by atoms with Crippen molar-refractivity contribution >= 4 is 16.9 Å². The SMILES string of the molecule is C=CC(=O)NCCCCCc1nc2ccccc2n1CCCOc1cccc(C)c1C. The summed E-state index contributed by atoms with van der Waals surface area (Å²) in [5, 5.41) is 2.83. The Balaban J connectivity index is 1.54. The Morgan fingerprint density at radius 3 is 2.77 bits per heavy atom. The number of aryl methyl sites for hydroxylation is 3. The molecule has 0 aliphatic rings. The highest BCUT2D eigenvalue weighted by molar-refractivity contribution is 5.86. The Bertz CT molecular complexity index is 1020. The van der Waals surface area contributed by atoms with E-state index >= 15 is 0 Å². The number of hydrogen-bond donors (Lipinski definition) is 1. The molecule has 31 heavy (non-hydrogen) atoms. The van der Waals surface area contributed by atoms with Crippen LogP contribution in [-0.2, 0) is 17.8 Å². The number of para-hydroxylation sites is 2. The Morgan fingerprint density at radius 2 is 1.94 bits per heavy atom. The Kier molecular flexibility index (Phi) is 8.27. The maximum absolute atomic E-state index is 11.2. The highest BCUT2D eigenvalue weighted by Crippen LogP contribution is 2.21. The largest absolute Gasteiger partial charge is 0.493 e. The maximum atomic E-state index is 11.2. The lowest BCUT2D eigenvalue weighted by atomic mass is 10.1. The van der Waals surface area contributed by atoms with Crippen LogP contribution in [0.3, 0.4) is 0 Å². The standard InChI is InChI=1S/C26H33N3O2/c1-4-26(30)27-17-9-5-6-16-25-28-22-13-7-8-14-23(22)29(25)18-11-19-31-24-15-10-12-20(2)21(24)3/h4,7-8,10,12-15H,1,5-6,9,11,16-19H2,2-3H3,(H,27,30). The zero-order valence-corrected chi connectivity index (χ0v) is 18.7. The highest BCUT2D eigenvalue weighted by Gasteiger charge is 2.10. The van der Waals surface area contributed by atoms with Gasteiger partial charge in [-0.15, -0.1) is 0 Å². The molecular weight excluding hydrogens is 386 g/mol. The first-order valence-electron chi connectivity index (χ1n) is 11.1. The van der Waals surface area contributed by atoms with Crippen molar-refractivity contribution in [1.29, 1.82) is 0 Å². The van der Waals surface area contributed by atoms with Crippen LogP contribution in [0, 0.1) is 13.8 Å². The maximum Gasteiger partial charge on any atom is 0.243 e. The molecular formula is C26H33N3O2. The van der Waals surface area contributed by atoms with Crippen molar-refractivity contribution in [1.82, 2.24) is 14.9 Å². The summed E-state index contributed by atoms with van der Waals surface area (Å²) < 4.78 is 8.38. The molecule has 1 heterocycles. The summed E-state index contributed by atoms with van der Waals surface area (Å²) in [6, 6.07) is 14.5. The molecule has 164 valence electrons. The number of unbranched alkanes of at least 4 members (excludes halogenated alkanes) is 2. The monoisotopic (exact) mass is 419 g/mol. The van der Waals surface area contributed by atoms with Crippen molar-refractivity contribution in [3.8, 4) is 5.75 Å². The van der Waals surface area contributed by atoms with E-state index in [1.807, 2.05) is 18.2 Å². The van der Waals surface area contributed by atoms with Gasteiger partial charge in [-0.1, -0.05) is 37.3 Å². The number of aromatic nitrogens is 2. The number of nitrogens with zero attached hydrogens (tertiary/aromatic N) is 2. The summed E-state index contributed by atoms with van der Waals surface area (Å²) in [6.45, 7) is 9.94. The summed E-state index contributed by atoms with van der Waals surface area (Å²) in [5.74, 6) is 1.99. The molecule has 3 rings (SSSR count). The van der Waals surface area contributed by atoms with Crippen molar-refractivity contribution in [3.05, 3.63) is 72.1 Å². The fraction of sp³-hybridized carbons (Fsp3) is 0.385. The van der Waals surface area contributed by atoms with Crippen LogP contribution >= 0.6 is 0 Å². The number of ether oxygens (including phenoxy) is 1. The molecule has 0 aliphatic heterocycles. The second-order valence-corrected chi connectivity index (χ2v) is 7.87. The van der Waals surface area contributed by atoms with E-state index in [2.05, 4.69) is 54.6 Å². The van der Waals surface area contributed by atoms with Gasteiger partial charge in [-0.3, -0.25) is 4.79 Å². The molecule has 0 saturated heterocycles. The Labute approximate surface area is 185 Å². The van der Waals surface area contributed by atoms with Crippen molar-refractivity contribution in [2.75, 3.05) is 13.2 Å². The van der Waals surface area contributed by atoms with Gasteiger partial charge in [0.25, 0.3) is 0 Å². The quantitative estimate of drug-likeness (QED) is 0.327. The van der Waals surface area contributed by atoms with Crippen LogP contribution in [0.5, 0.6) is 5.75 Å². The molecule has 0 saturated carbocycles. The van der Waals surface area contributed by atoms with Crippen LogP contribution in [0.15, 0.2) is 55.1 Å². The summed E-state index contributed by atoms with van der Waals surface area (Å²) in [7, 11) is 0. The number of benzene rings is 2. The molecule has 0 unspecified atom stereocenters. The summed E-state index contributed by atoms with van der Waals surface area (Å²) in [5.41, 5.74) is 4.69. The van der Waals surface area contributed by atoms with Gasteiger partial charge in [0.05, 0.1) is 17.6 Å². The van der Waals surface area contributed by atoms with Gasteiger partial charge in [0.1, 0.15) is 11.6 Å². The molecule has 1 amide bonds. The number of carbonyl (C=O) groups is 1. The van der Waals surface area contributed by atoms with Gasteiger partial charge < -0.3 is 14.6 Å². The minimum absolute atomic E-state index is 0.107. The van der Waals surface area contributed by atoms with E-state index < -0.39 is 0 Å². The van der Waals surface area contributed by atoms with Crippen molar-refractivity contribution < 1.29 is 9.53 Å². The number of amides is 1. The van der Waals surface area contributed by atoms with E-state index in [1.54, 1.807) is 0 Å². The highest BCUT2D eigenvalue weighted by atomic mass is 16.5. The molecule has 0 spiro atoms. The van der Waals surface area contributed by atoms with Crippen molar-refractivity contribution in [3.63, 3.8) is 0 Å². The first kappa shape index (κ1) is 22.6. The predicted molar refractivity (Wildman–Crippen MR) is 127 cm³/mol. The van der Waals surface area contributed by atoms with Gasteiger partial charge in [-0.2, -0.15) is 0 Å². The lowest BCUT2D eigenvalue weighted by Gasteiger charge is -2.12. The molecule has 3 aromatic rings. The molecule has 5 nitrogen and oxygen atoms in total. The first-order valence-corrected chi connectivity index (χ1v) is 11.1. The van der Waals surface area contributed by atoms with Gasteiger partial charge in [0.15, 0.2) is 0 Å². The van der Waals surface area contributed by atoms with Crippen molar-refractivity contribution in [2.45, 2.75) is 52.5 Å². The lowest BCUT2D eigenvalue weighted by Crippen LogP contribution is -2.21. The molecule has 0 atom stereocenters. The molecule has 1 aromatic heterocycles. The Hall–Kier alpha value is -3.08. The lowest BCUT2D eigenvalue weighted by molar-refractivity contribution is -0.116. The van der Waals surface area contributed by atoms with E-state index in [9.17, 15) is 4.79 Å². The second kappa shape index (κ2) is 11.3. The number of fused-ring (bicyclic) bond motifs is 1. The molecule has 0 fully saturated rings. The molecule has 2 aromatic carbocycles. The van der Waals surface area contributed by atoms with Gasteiger partial charge in [-0.25, -0.2) is 4.98 Å². The number of rotatable bonds is 12. The normalized spacial score (nSPS) is 10.9. The smallest absolute Gasteiger partial charge is 0.243 e. The first-order chi connectivity index (χ1) is 15.1.